The van der Waals surface area contributed by atoms with E-state index in [4.69, 9.17) is 61.6 Å². The number of hydrogen-bond acceptors (Lipinski definition) is 20. The third-order valence-corrected chi connectivity index (χ3v) is 12.6. The summed E-state index contributed by atoms with van der Waals surface area (Å²) in [4.78, 5) is 86.5. The number of methoxy groups -OCH3 is 1. The van der Waals surface area contributed by atoms with Crippen molar-refractivity contribution in [3.63, 3.8) is 0 Å². The molecule has 8 atom stereocenters. The lowest BCUT2D eigenvalue weighted by molar-refractivity contribution is -0.282. The van der Waals surface area contributed by atoms with Crippen LogP contribution in [0.3, 0.4) is 0 Å². The van der Waals surface area contributed by atoms with Crippen LogP contribution in [0, 0.1) is 29.6 Å². The molecule has 2 aliphatic carbocycles. The van der Waals surface area contributed by atoms with Gasteiger partial charge in [-0.25, -0.2) is 14.4 Å². The van der Waals surface area contributed by atoms with Crippen molar-refractivity contribution in [2.45, 2.75) is 84.1 Å². The first-order valence-corrected chi connectivity index (χ1v) is 24.9. The zero-order chi connectivity index (χ0) is 52.2. The highest BCUT2D eigenvalue weighted by Gasteiger charge is 2.56. The summed E-state index contributed by atoms with van der Waals surface area (Å²) in [6, 6.07) is 1.61. The predicted octanol–water partition coefficient (Wildman–Crippen LogP) is 4.24. The molecule has 0 spiro atoms. The lowest BCUT2D eigenvalue weighted by atomic mass is 9.97. The lowest BCUT2D eigenvalue weighted by Gasteiger charge is -2.43. The van der Waals surface area contributed by atoms with E-state index in [2.05, 4.69) is 54.3 Å². The number of alkyl carbamates (subject to hydrolysis) is 2. The quantitative estimate of drug-likeness (QED) is 0.0548. The van der Waals surface area contributed by atoms with Crippen molar-refractivity contribution in [2.24, 2.45) is 17.8 Å². The molecule has 1 aromatic heterocycles. The Morgan fingerprint density at radius 3 is 1.79 bits per heavy atom. The van der Waals surface area contributed by atoms with E-state index in [0.29, 0.717) is 70.6 Å². The van der Waals surface area contributed by atoms with Gasteiger partial charge in [-0.05, 0) is 68.5 Å². The van der Waals surface area contributed by atoms with Gasteiger partial charge in [0, 0.05) is 53.6 Å². The number of ether oxygens (including phenoxy) is 13. The second-order valence-electron chi connectivity index (χ2n) is 16.4. The van der Waals surface area contributed by atoms with Gasteiger partial charge in [0.15, 0.2) is 18.3 Å². The van der Waals surface area contributed by atoms with E-state index in [-0.39, 0.29) is 64.3 Å². The van der Waals surface area contributed by atoms with Crippen LogP contribution in [-0.4, -0.2) is 170 Å². The van der Waals surface area contributed by atoms with Crippen molar-refractivity contribution in [1.29, 1.82) is 0 Å². The fourth-order valence-electron chi connectivity index (χ4n) is 8.09. The summed E-state index contributed by atoms with van der Waals surface area (Å²) in [6.07, 6.45) is -3.96. The van der Waals surface area contributed by atoms with Crippen LogP contribution in [0.15, 0.2) is 21.2 Å². The Hall–Kier alpha value is -5.23. The van der Waals surface area contributed by atoms with E-state index in [9.17, 15) is 33.6 Å². The number of nitrogens with one attached hydrogen (secondary N) is 2. The number of aromatic nitrogens is 1. The number of esters is 4. The van der Waals surface area contributed by atoms with Gasteiger partial charge in [0.25, 0.3) is 0 Å². The van der Waals surface area contributed by atoms with Crippen LogP contribution in [0.5, 0.6) is 11.5 Å². The monoisotopic (exact) mass is 1150 g/mol. The molecule has 1 aliphatic heterocycles. The number of nitrogens with zero attached hydrogens (tertiary/aromatic N) is 1. The highest BCUT2D eigenvalue weighted by atomic mass is 79.9. The molecule has 1 saturated heterocycles. The molecule has 2 N–H and O–H groups in total. The summed E-state index contributed by atoms with van der Waals surface area (Å²) in [5.74, 6) is 4.28. The molecular weight excluding hydrogens is 1090 g/mol. The molecule has 2 fully saturated rings. The number of carbonyl (C=O) groups is 7. The second kappa shape index (κ2) is 29.5. The van der Waals surface area contributed by atoms with E-state index in [1.165, 1.54) is 17.7 Å². The van der Waals surface area contributed by atoms with Crippen molar-refractivity contribution in [1.82, 2.24) is 15.2 Å². The van der Waals surface area contributed by atoms with E-state index >= 15 is 0 Å². The maximum atomic E-state index is 13.0. The van der Waals surface area contributed by atoms with Crippen molar-refractivity contribution in [3.05, 3.63) is 21.2 Å². The van der Waals surface area contributed by atoms with Crippen molar-refractivity contribution < 1.29 is 95.1 Å². The minimum Gasteiger partial charge on any atom is -0.489 e. The molecule has 398 valence electrons. The minimum absolute atomic E-state index is 0.00850. The van der Waals surface area contributed by atoms with Gasteiger partial charge in [-0.2, -0.15) is 0 Å². The van der Waals surface area contributed by atoms with E-state index in [1.807, 2.05) is 0 Å². The second-order valence-corrected chi connectivity index (χ2v) is 18.0. The molecule has 1 saturated carbocycles. The van der Waals surface area contributed by atoms with E-state index in [0.717, 1.165) is 53.6 Å². The number of hydrogen-bond donors (Lipinski definition) is 2. The van der Waals surface area contributed by atoms with Gasteiger partial charge < -0.3 is 72.2 Å². The first-order valence-electron chi connectivity index (χ1n) is 23.3. The van der Waals surface area contributed by atoms with Crippen LogP contribution in [0.2, 0.25) is 0 Å². The molecule has 2 unspecified atom stereocenters. The Morgan fingerprint density at radius 1 is 0.694 bits per heavy atom. The van der Waals surface area contributed by atoms with Crippen molar-refractivity contribution in [3.8, 4) is 23.3 Å². The first kappa shape index (κ1) is 57.7. The third kappa shape index (κ3) is 17.5. The molecule has 0 radical (unpaired) electrons. The topological polar surface area (TPSA) is 268 Å². The Morgan fingerprint density at radius 2 is 1.22 bits per heavy atom. The Kier molecular flexibility index (Phi) is 23.6. The average Bonchev–Trinajstić information content (AvgIpc) is 3.82. The molecular formula is C47H61Br2N3O20. The SMILES string of the molecule is COC(=O)[C@H]1O[C@@H](Oc2cn(C(C)=O)c3cc(Br)c(OCCOCCOCCOC(=O)NCCOCCOCCNC(=O)OCC4C5CCC#CCC[C@@H]54)c(Br)c23)[C@H](OC(C)=O)[C@@H](OC(C)=O)[C@@H]1OC(C)=O. The Labute approximate surface area is 432 Å². The van der Waals surface area contributed by atoms with E-state index < -0.39 is 72.7 Å². The highest BCUT2D eigenvalue weighted by Crippen LogP contribution is 2.52. The third-order valence-electron chi connectivity index (χ3n) is 11.3. The fourth-order valence-corrected chi connectivity index (χ4v) is 9.62. The number of benzene rings is 1. The van der Waals surface area contributed by atoms with Crippen molar-refractivity contribution >= 4 is 84.7 Å². The fraction of sp³-hybridized carbons (Fsp3) is 0.638. The zero-order valence-electron chi connectivity index (χ0n) is 40.7. The standard InChI is InChI=1S/C47H61Br2N3O20/c1-27(53)52-25-36(71-45-43(70-30(4)56)41(69-29(3)55)40(68-28(2)54)42(72-45)44(57)60-5)37-35(52)24-34(48)39(38(37)49)65-22-20-63-18-19-64-21-23-66-46(58)50-12-14-61-16-17-62-15-13-51-47(59)67-26-33-31-10-8-6-7-9-11-32(31)33/h24-25,31-33,40-43,45H,8-23,26H2,1-5H3,(H,50,58)(H,51,59)/t31-,32?,33?,40-,41-,42-,43+,45+/m0/s1. The van der Waals surface area contributed by atoms with Crippen LogP contribution in [-0.2, 0) is 71.3 Å². The van der Waals surface area contributed by atoms with Gasteiger partial charge in [0.1, 0.15) is 24.7 Å². The van der Waals surface area contributed by atoms with Crippen LogP contribution >= 0.6 is 31.9 Å². The molecule has 2 heterocycles. The summed E-state index contributed by atoms with van der Waals surface area (Å²) < 4.78 is 73.9. The van der Waals surface area contributed by atoms with Gasteiger partial charge in [0.2, 0.25) is 18.3 Å². The first-order chi connectivity index (χ1) is 34.6. The molecule has 72 heavy (non-hydrogen) atoms. The molecule has 2 aromatic rings. The van der Waals surface area contributed by atoms with Gasteiger partial charge >= 0.3 is 36.1 Å². The molecule has 5 rings (SSSR count). The maximum absolute atomic E-state index is 13.0. The van der Waals surface area contributed by atoms with Gasteiger partial charge in [0.05, 0.1) is 92.6 Å². The molecule has 2 amide bonds. The average molecular weight is 1150 g/mol. The smallest absolute Gasteiger partial charge is 0.407 e. The number of amides is 2. The summed E-state index contributed by atoms with van der Waals surface area (Å²) in [7, 11) is 1.06. The number of carbonyl (C=O) groups excluding carboxylic acids is 7. The summed E-state index contributed by atoms with van der Waals surface area (Å²) in [6.45, 7) is 7.41. The van der Waals surface area contributed by atoms with Crippen LogP contribution in [0.4, 0.5) is 9.59 Å². The Bertz CT molecular complexity index is 2250. The number of fused-ring (bicyclic) bond motifs is 2. The summed E-state index contributed by atoms with van der Waals surface area (Å²) in [5.41, 5.74) is 0.342. The van der Waals surface area contributed by atoms with Crippen LogP contribution in [0.25, 0.3) is 10.9 Å². The molecule has 1 aromatic carbocycles. The molecule has 0 bridgehead atoms. The lowest BCUT2D eigenvalue weighted by Crippen LogP contribution is -2.64. The van der Waals surface area contributed by atoms with Crippen molar-refractivity contribution in [2.75, 3.05) is 92.9 Å². The maximum Gasteiger partial charge on any atom is 0.407 e. The predicted molar refractivity (Wildman–Crippen MR) is 256 cm³/mol. The summed E-state index contributed by atoms with van der Waals surface area (Å²) >= 11 is 7.06. The number of halogens is 2. The normalized spacial score (nSPS) is 22.0. The Balaban J connectivity index is 0.970. The highest BCUT2D eigenvalue weighted by molar-refractivity contribution is 9.11. The molecule has 23 nitrogen and oxygen atoms in total. The minimum atomic E-state index is -1.72. The zero-order valence-corrected chi connectivity index (χ0v) is 43.8. The van der Waals surface area contributed by atoms with Crippen LogP contribution < -0.4 is 20.1 Å². The summed E-state index contributed by atoms with van der Waals surface area (Å²) in [5, 5.41) is 5.57. The van der Waals surface area contributed by atoms with Gasteiger partial charge in [-0.3, -0.25) is 23.7 Å². The number of rotatable bonds is 27. The van der Waals surface area contributed by atoms with Gasteiger partial charge in [-0.1, -0.05) is 0 Å². The van der Waals surface area contributed by atoms with E-state index in [1.54, 1.807) is 6.07 Å². The van der Waals surface area contributed by atoms with Gasteiger partial charge in [-0.15, -0.1) is 11.8 Å². The largest absolute Gasteiger partial charge is 0.489 e. The molecule has 3 aliphatic rings. The molecule has 25 heteroatoms. The van der Waals surface area contributed by atoms with Crippen LogP contribution in [0.1, 0.15) is 58.2 Å².